The summed E-state index contributed by atoms with van der Waals surface area (Å²) in [5, 5.41) is 11.2. The molecular formula is C21H32N6O. The third kappa shape index (κ3) is 5.41. The van der Waals surface area contributed by atoms with Crippen molar-refractivity contribution in [3.63, 3.8) is 0 Å². The highest BCUT2D eigenvalue weighted by Gasteiger charge is 2.22. The quantitative estimate of drug-likeness (QED) is 0.591. The number of aliphatic imine (C=N–C) groups is 1. The van der Waals surface area contributed by atoms with Crippen LogP contribution in [0.1, 0.15) is 25.3 Å². The Bertz CT molecular complexity index is 787. The summed E-state index contributed by atoms with van der Waals surface area (Å²) in [6.45, 7) is 6.83. The summed E-state index contributed by atoms with van der Waals surface area (Å²) >= 11 is 0. The fourth-order valence-corrected chi connectivity index (χ4v) is 3.48. The lowest BCUT2D eigenvalue weighted by Crippen LogP contribution is -2.52. The second kappa shape index (κ2) is 9.48. The van der Waals surface area contributed by atoms with Crippen molar-refractivity contribution in [3.8, 4) is 5.75 Å². The van der Waals surface area contributed by atoms with Crippen LogP contribution in [0.3, 0.4) is 0 Å². The van der Waals surface area contributed by atoms with Gasteiger partial charge in [-0.1, -0.05) is 18.2 Å². The number of aryl methyl sites for hydroxylation is 2. The lowest BCUT2D eigenvalue weighted by Gasteiger charge is -2.34. The van der Waals surface area contributed by atoms with E-state index in [1.807, 2.05) is 43.2 Å². The van der Waals surface area contributed by atoms with E-state index in [2.05, 4.69) is 51.7 Å². The maximum absolute atomic E-state index is 6.04. The lowest BCUT2D eigenvalue weighted by molar-refractivity contribution is 0.222. The Morgan fingerprint density at radius 1 is 1.39 bits per heavy atom. The Balaban J connectivity index is 1.48. The molecule has 0 bridgehead atoms. The Morgan fingerprint density at radius 3 is 2.93 bits per heavy atom. The number of hydrogen-bond donors (Lipinski definition) is 2. The van der Waals surface area contributed by atoms with Crippen LogP contribution in [0.4, 0.5) is 5.69 Å². The summed E-state index contributed by atoms with van der Waals surface area (Å²) in [6, 6.07) is 8.45. The zero-order valence-corrected chi connectivity index (χ0v) is 17.4. The van der Waals surface area contributed by atoms with Crippen molar-refractivity contribution >= 4 is 11.6 Å². The predicted molar refractivity (Wildman–Crippen MR) is 114 cm³/mol. The maximum Gasteiger partial charge on any atom is 0.191 e. The molecule has 7 nitrogen and oxygen atoms in total. The largest absolute Gasteiger partial charge is 0.489 e. The topological polar surface area (TPSA) is 66.7 Å². The summed E-state index contributed by atoms with van der Waals surface area (Å²) in [5.74, 6) is 1.75. The molecule has 1 aromatic heterocycles. The van der Waals surface area contributed by atoms with Gasteiger partial charge >= 0.3 is 0 Å². The number of nitrogens with one attached hydrogen (secondary N) is 2. The molecule has 0 aliphatic carbocycles. The van der Waals surface area contributed by atoms with Gasteiger partial charge in [0, 0.05) is 39.4 Å². The standard InChI is InChI=1S/C21H32N6O/c1-16-8-5-6-10-20(16)28-17(2)12-23-21(22-3)25-18-9-7-11-27(14-18)19-13-24-26(4)15-19/h5-6,8,10,13,15,17-18H,7,9,11-12,14H2,1-4H3,(H2,22,23,25). The van der Waals surface area contributed by atoms with Crippen molar-refractivity contribution in [3.05, 3.63) is 42.2 Å². The van der Waals surface area contributed by atoms with Crippen LogP contribution < -0.4 is 20.3 Å². The SMILES string of the molecule is CN=C(NCC(C)Oc1ccccc1C)NC1CCCN(c2cnn(C)c2)C1. The molecule has 1 saturated heterocycles. The first-order chi connectivity index (χ1) is 13.5. The Hall–Kier alpha value is -2.70. The Kier molecular flexibility index (Phi) is 6.79. The average molecular weight is 385 g/mol. The Morgan fingerprint density at radius 2 is 2.21 bits per heavy atom. The molecule has 0 saturated carbocycles. The molecule has 3 rings (SSSR count). The second-order valence-electron chi connectivity index (χ2n) is 7.45. The zero-order valence-electron chi connectivity index (χ0n) is 17.4. The van der Waals surface area contributed by atoms with Gasteiger partial charge in [-0.25, -0.2) is 0 Å². The van der Waals surface area contributed by atoms with E-state index in [9.17, 15) is 0 Å². The van der Waals surface area contributed by atoms with Crippen LogP contribution in [0, 0.1) is 6.92 Å². The van der Waals surface area contributed by atoms with Crippen molar-refractivity contribution in [2.24, 2.45) is 12.0 Å². The molecule has 28 heavy (non-hydrogen) atoms. The van der Waals surface area contributed by atoms with Gasteiger partial charge in [0.2, 0.25) is 0 Å². The van der Waals surface area contributed by atoms with Crippen molar-refractivity contribution in [2.75, 3.05) is 31.6 Å². The van der Waals surface area contributed by atoms with Crippen LogP contribution in [0.25, 0.3) is 0 Å². The van der Waals surface area contributed by atoms with Crippen LogP contribution >= 0.6 is 0 Å². The van der Waals surface area contributed by atoms with E-state index in [1.54, 1.807) is 0 Å². The molecule has 1 aromatic carbocycles. The van der Waals surface area contributed by atoms with E-state index in [0.717, 1.165) is 43.2 Å². The summed E-state index contributed by atoms with van der Waals surface area (Å²) in [6.07, 6.45) is 6.32. The van der Waals surface area contributed by atoms with Crippen LogP contribution in [0.5, 0.6) is 5.75 Å². The van der Waals surface area contributed by atoms with Gasteiger partial charge in [0.1, 0.15) is 11.9 Å². The van der Waals surface area contributed by atoms with Gasteiger partial charge in [-0.2, -0.15) is 5.10 Å². The van der Waals surface area contributed by atoms with Gasteiger partial charge < -0.3 is 20.3 Å². The van der Waals surface area contributed by atoms with Gasteiger partial charge in [0.15, 0.2) is 5.96 Å². The third-order valence-electron chi connectivity index (χ3n) is 5.02. The van der Waals surface area contributed by atoms with Crippen molar-refractivity contribution in [2.45, 2.75) is 38.8 Å². The average Bonchev–Trinajstić information content (AvgIpc) is 3.13. The van der Waals surface area contributed by atoms with E-state index in [1.165, 1.54) is 5.69 Å². The molecule has 0 spiro atoms. The number of benzene rings is 1. The van der Waals surface area contributed by atoms with E-state index in [0.29, 0.717) is 12.6 Å². The number of guanidine groups is 1. The molecule has 1 fully saturated rings. The fraction of sp³-hybridized carbons (Fsp3) is 0.524. The lowest BCUT2D eigenvalue weighted by atomic mass is 10.1. The van der Waals surface area contributed by atoms with Crippen molar-refractivity contribution in [1.82, 2.24) is 20.4 Å². The fourth-order valence-electron chi connectivity index (χ4n) is 3.48. The second-order valence-corrected chi connectivity index (χ2v) is 7.45. The van der Waals surface area contributed by atoms with Crippen molar-refractivity contribution < 1.29 is 4.74 Å². The van der Waals surface area contributed by atoms with Crippen LogP contribution in [0.15, 0.2) is 41.7 Å². The maximum atomic E-state index is 6.04. The van der Waals surface area contributed by atoms with E-state index in [4.69, 9.17) is 4.74 Å². The number of anilines is 1. The van der Waals surface area contributed by atoms with E-state index < -0.39 is 0 Å². The van der Waals surface area contributed by atoms with Crippen LogP contribution in [-0.4, -0.2) is 54.6 Å². The highest BCUT2D eigenvalue weighted by molar-refractivity contribution is 5.80. The smallest absolute Gasteiger partial charge is 0.191 e. The predicted octanol–water partition coefficient (Wildman–Crippen LogP) is 2.33. The van der Waals surface area contributed by atoms with Gasteiger partial charge in [-0.3, -0.25) is 9.67 Å². The number of ether oxygens (including phenoxy) is 1. The molecule has 0 radical (unpaired) electrons. The summed E-state index contributed by atoms with van der Waals surface area (Å²) < 4.78 is 7.89. The first kappa shape index (κ1) is 20.0. The number of aromatic nitrogens is 2. The minimum Gasteiger partial charge on any atom is -0.489 e. The van der Waals surface area contributed by atoms with E-state index >= 15 is 0 Å². The summed E-state index contributed by atoms with van der Waals surface area (Å²) in [7, 11) is 3.76. The molecule has 2 N–H and O–H groups in total. The molecule has 2 aromatic rings. The van der Waals surface area contributed by atoms with Gasteiger partial charge in [0.25, 0.3) is 0 Å². The summed E-state index contributed by atoms with van der Waals surface area (Å²) in [4.78, 5) is 6.76. The molecule has 152 valence electrons. The molecule has 1 aliphatic heterocycles. The van der Waals surface area contributed by atoms with Crippen LogP contribution in [-0.2, 0) is 7.05 Å². The van der Waals surface area contributed by atoms with Crippen molar-refractivity contribution in [1.29, 1.82) is 0 Å². The minimum absolute atomic E-state index is 0.0397. The van der Waals surface area contributed by atoms with Crippen LogP contribution in [0.2, 0.25) is 0 Å². The molecule has 2 unspecified atom stereocenters. The highest BCUT2D eigenvalue weighted by Crippen LogP contribution is 2.19. The first-order valence-corrected chi connectivity index (χ1v) is 9.98. The monoisotopic (exact) mass is 384 g/mol. The number of rotatable bonds is 6. The normalized spacial score (nSPS) is 18.6. The highest BCUT2D eigenvalue weighted by atomic mass is 16.5. The summed E-state index contributed by atoms with van der Waals surface area (Å²) in [5.41, 5.74) is 2.33. The minimum atomic E-state index is 0.0397. The number of nitrogens with zero attached hydrogens (tertiary/aromatic N) is 4. The van der Waals surface area contributed by atoms with Gasteiger partial charge in [0.05, 0.1) is 18.4 Å². The molecule has 0 amide bonds. The zero-order chi connectivity index (χ0) is 19.9. The Labute approximate surface area is 167 Å². The van der Waals surface area contributed by atoms with Gasteiger partial charge in [-0.05, 0) is 38.3 Å². The third-order valence-corrected chi connectivity index (χ3v) is 5.02. The van der Waals surface area contributed by atoms with Gasteiger partial charge in [-0.15, -0.1) is 0 Å². The molecule has 7 heteroatoms. The molecule has 1 aliphatic rings. The number of para-hydroxylation sites is 1. The number of piperidine rings is 1. The molecule has 2 heterocycles. The number of hydrogen-bond acceptors (Lipinski definition) is 4. The molecular weight excluding hydrogens is 352 g/mol. The first-order valence-electron chi connectivity index (χ1n) is 9.98. The van der Waals surface area contributed by atoms with E-state index in [-0.39, 0.29) is 6.10 Å². The molecule has 2 atom stereocenters.